The van der Waals surface area contributed by atoms with Gasteiger partial charge in [-0.2, -0.15) is 0 Å². The summed E-state index contributed by atoms with van der Waals surface area (Å²) in [7, 11) is 1.66. The Morgan fingerprint density at radius 1 is 1.13 bits per heavy atom. The van der Waals surface area contributed by atoms with E-state index in [4.69, 9.17) is 14.2 Å². The summed E-state index contributed by atoms with van der Waals surface area (Å²) in [6, 6.07) is 11.9. The van der Waals surface area contributed by atoms with Crippen molar-refractivity contribution in [3.05, 3.63) is 47.7 Å². The average Bonchev–Trinajstić information content (AvgIpc) is 2.61. The van der Waals surface area contributed by atoms with E-state index in [1.165, 1.54) is 0 Å². The molecule has 0 spiro atoms. The number of benzene rings is 1. The van der Waals surface area contributed by atoms with Gasteiger partial charge in [-0.1, -0.05) is 12.1 Å². The number of nitrogens with zero attached hydrogens (tertiary/aromatic N) is 2. The Morgan fingerprint density at radius 2 is 1.87 bits per heavy atom. The van der Waals surface area contributed by atoms with Crippen molar-refractivity contribution >= 4 is 5.69 Å². The highest BCUT2D eigenvalue weighted by atomic mass is 16.5. The van der Waals surface area contributed by atoms with Crippen LogP contribution in [-0.4, -0.2) is 38.4 Å². The largest absolute Gasteiger partial charge is 0.497 e. The highest BCUT2D eigenvalue weighted by molar-refractivity contribution is 5.50. The van der Waals surface area contributed by atoms with Gasteiger partial charge in [0.1, 0.15) is 12.4 Å². The fourth-order valence-electron chi connectivity index (χ4n) is 2.58. The van der Waals surface area contributed by atoms with Crippen LogP contribution in [0.5, 0.6) is 11.6 Å². The normalized spacial score (nSPS) is 14.6. The van der Waals surface area contributed by atoms with Gasteiger partial charge >= 0.3 is 0 Å². The van der Waals surface area contributed by atoms with Gasteiger partial charge in [0, 0.05) is 30.5 Å². The standard InChI is InChI=1S/C18H22N2O3/c1-14-11-16(20-7-9-22-10-8-20)12-18(19-14)23-13-15-3-5-17(21-2)6-4-15/h3-6,11-12H,7-10,13H2,1-2H3. The topological polar surface area (TPSA) is 43.8 Å². The molecule has 0 atom stereocenters. The maximum atomic E-state index is 5.87. The van der Waals surface area contributed by atoms with Crippen molar-refractivity contribution in [1.29, 1.82) is 0 Å². The second-order valence-electron chi connectivity index (χ2n) is 5.54. The van der Waals surface area contributed by atoms with Gasteiger partial charge in [-0.15, -0.1) is 0 Å². The van der Waals surface area contributed by atoms with Crippen LogP contribution in [0.1, 0.15) is 11.3 Å². The van der Waals surface area contributed by atoms with Crippen molar-refractivity contribution in [1.82, 2.24) is 4.98 Å². The monoisotopic (exact) mass is 314 g/mol. The highest BCUT2D eigenvalue weighted by Gasteiger charge is 2.13. The maximum Gasteiger partial charge on any atom is 0.215 e. The third kappa shape index (κ3) is 4.13. The van der Waals surface area contributed by atoms with Crippen LogP contribution in [0.2, 0.25) is 0 Å². The molecule has 1 aliphatic rings. The van der Waals surface area contributed by atoms with E-state index in [0.717, 1.165) is 49.0 Å². The van der Waals surface area contributed by atoms with Crippen molar-refractivity contribution < 1.29 is 14.2 Å². The molecule has 0 bridgehead atoms. The van der Waals surface area contributed by atoms with Crippen molar-refractivity contribution in [2.24, 2.45) is 0 Å². The zero-order valence-electron chi connectivity index (χ0n) is 13.6. The van der Waals surface area contributed by atoms with Crippen LogP contribution >= 0.6 is 0 Å². The van der Waals surface area contributed by atoms with E-state index in [9.17, 15) is 0 Å². The molecule has 1 saturated heterocycles. The molecule has 1 fully saturated rings. The molecule has 5 heteroatoms. The first-order valence-corrected chi connectivity index (χ1v) is 7.82. The molecule has 0 unspecified atom stereocenters. The zero-order valence-corrected chi connectivity index (χ0v) is 13.6. The molecule has 122 valence electrons. The third-order valence-electron chi connectivity index (χ3n) is 3.84. The summed E-state index contributed by atoms with van der Waals surface area (Å²) in [6.45, 7) is 5.82. The Bertz CT molecular complexity index is 637. The minimum absolute atomic E-state index is 0.489. The summed E-state index contributed by atoms with van der Waals surface area (Å²) < 4.78 is 16.4. The molecule has 3 rings (SSSR count). The number of ether oxygens (including phenoxy) is 3. The minimum atomic E-state index is 0.489. The van der Waals surface area contributed by atoms with E-state index in [-0.39, 0.29) is 0 Å². The molecule has 0 saturated carbocycles. The molecule has 1 aromatic carbocycles. The Morgan fingerprint density at radius 3 is 2.57 bits per heavy atom. The fourth-order valence-corrected chi connectivity index (χ4v) is 2.58. The summed E-state index contributed by atoms with van der Waals surface area (Å²) in [5.41, 5.74) is 3.19. The average molecular weight is 314 g/mol. The fraction of sp³-hybridized carbons (Fsp3) is 0.389. The zero-order chi connectivity index (χ0) is 16.1. The second-order valence-corrected chi connectivity index (χ2v) is 5.54. The lowest BCUT2D eigenvalue weighted by atomic mass is 10.2. The molecule has 0 radical (unpaired) electrons. The Labute approximate surface area is 136 Å². The number of anilines is 1. The van der Waals surface area contributed by atoms with E-state index in [1.54, 1.807) is 7.11 Å². The number of hydrogen-bond acceptors (Lipinski definition) is 5. The van der Waals surface area contributed by atoms with Crippen LogP contribution in [0.25, 0.3) is 0 Å². The quantitative estimate of drug-likeness (QED) is 0.849. The van der Waals surface area contributed by atoms with Crippen LogP contribution in [0.4, 0.5) is 5.69 Å². The van der Waals surface area contributed by atoms with Gasteiger partial charge in [0.2, 0.25) is 5.88 Å². The summed E-state index contributed by atoms with van der Waals surface area (Å²) >= 11 is 0. The predicted molar refractivity (Wildman–Crippen MR) is 89.3 cm³/mol. The van der Waals surface area contributed by atoms with E-state index >= 15 is 0 Å². The SMILES string of the molecule is COc1ccc(COc2cc(N3CCOCC3)cc(C)n2)cc1. The van der Waals surface area contributed by atoms with Crippen molar-refractivity contribution in [3.63, 3.8) is 0 Å². The third-order valence-corrected chi connectivity index (χ3v) is 3.84. The number of hydrogen-bond donors (Lipinski definition) is 0. The predicted octanol–water partition coefficient (Wildman–Crippen LogP) is 2.81. The van der Waals surface area contributed by atoms with Gasteiger partial charge in [-0.25, -0.2) is 4.98 Å². The van der Waals surface area contributed by atoms with Crippen LogP contribution < -0.4 is 14.4 Å². The van der Waals surface area contributed by atoms with Crippen LogP contribution in [0.15, 0.2) is 36.4 Å². The lowest BCUT2D eigenvalue weighted by Gasteiger charge is -2.29. The van der Waals surface area contributed by atoms with Gasteiger partial charge in [-0.05, 0) is 30.7 Å². The number of methoxy groups -OCH3 is 1. The summed E-state index contributed by atoms with van der Waals surface area (Å²) in [4.78, 5) is 6.78. The highest BCUT2D eigenvalue weighted by Crippen LogP contribution is 2.23. The maximum absolute atomic E-state index is 5.87. The number of morpholine rings is 1. The van der Waals surface area contributed by atoms with E-state index in [1.807, 2.05) is 37.3 Å². The van der Waals surface area contributed by atoms with E-state index in [0.29, 0.717) is 12.5 Å². The first-order chi connectivity index (χ1) is 11.2. The summed E-state index contributed by atoms with van der Waals surface area (Å²) in [5.74, 6) is 1.50. The van der Waals surface area contributed by atoms with Crippen LogP contribution in [0.3, 0.4) is 0 Å². The Kier molecular flexibility index (Phi) is 4.98. The van der Waals surface area contributed by atoms with Gasteiger partial charge in [-0.3, -0.25) is 0 Å². The Hall–Kier alpha value is -2.27. The molecule has 0 N–H and O–H groups in total. The summed E-state index contributed by atoms with van der Waals surface area (Å²) in [6.07, 6.45) is 0. The molecule has 0 amide bonds. The molecule has 1 aliphatic heterocycles. The number of aromatic nitrogens is 1. The summed E-state index contributed by atoms with van der Waals surface area (Å²) in [5, 5.41) is 0. The van der Waals surface area contributed by atoms with E-state index < -0.39 is 0 Å². The molecular weight excluding hydrogens is 292 g/mol. The second kappa shape index (κ2) is 7.33. The van der Waals surface area contributed by atoms with Gasteiger partial charge in [0.25, 0.3) is 0 Å². The molecule has 23 heavy (non-hydrogen) atoms. The first kappa shape index (κ1) is 15.6. The lowest BCUT2D eigenvalue weighted by Crippen LogP contribution is -2.36. The lowest BCUT2D eigenvalue weighted by molar-refractivity contribution is 0.122. The molecular formula is C18H22N2O3. The van der Waals surface area contributed by atoms with Crippen LogP contribution in [-0.2, 0) is 11.3 Å². The smallest absolute Gasteiger partial charge is 0.215 e. The van der Waals surface area contributed by atoms with Gasteiger partial charge < -0.3 is 19.1 Å². The number of aryl methyl sites for hydroxylation is 1. The number of pyridine rings is 1. The van der Waals surface area contributed by atoms with Crippen molar-refractivity contribution in [2.75, 3.05) is 38.3 Å². The Balaban J connectivity index is 1.68. The van der Waals surface area contributed by atoms with Crippen molar-refractivity contribution in [3.8, 4) is 11.6 Å². The number of rotatable bonds is 5. The molecule has 1 aromatic heterocycles. The van der Waals surface area contributed by atoms with Crippen molar-refractivity contribution in [2.45, 2.75) is 13.5 Å². The van der Waals surface area contributed by atoms with Crippen LogP contribution in [0, 0.1) is 6.92 Å². The van der Waals surface area contributed by atoms with Gasteiger partial charge in [0.15, 0.2) is 0 Å². The molecule has 5 nitrogen and oxygen atoms in total. The van der Waals surface area contributed by atoms with Gasteiger partial charge in [0.05, 0.1) is 20.3 Å². The minimum Gasteiger partial charge on any atom is -0.497 e. The molecule has 2 aromatic rings. The van der Waals surface area contributed by atoms with E-state index in [2.05, 4.69) is 16.0 Å². The first-order valence-electron chi connectivity index (χ1n) is 7.82. The molecule has 0 aliphatic carbocycles. The molecule has 2 heterocycles.